The first-order valence-electron chi connectivity index (χ1n) is 8.11. The maximum absolute atomic E-state index is 13.2. The van der Waals surface area contributed by atoms with Crippen LogP contribution in [0.15, 0.2) is 36.5 Å². The SMILES string of the molecule is O=C(NCC(O)c1cccc(F)c1)c1ccn(C2CCCNC2)n1. The van der Waals surface area contributed by atoms with Crippen molar-refractivity contribution in [2.45, 2.75) is 25.0 Å². The fraction of sp³-hybridized carbons (Fsp3) is 0.412. The fourth-order valence-electron chi connectivity index (χ4n) is 2.83. The summed E-state index contributed by atoms with van der Waals surface area (Å²) in [6.07, 6.45) is 2.96. The van der Waals surface area contributed by atoms with Crippen molar-refractivity contribution in [2.24, 2.45) is 0 Å². The number of halogens is 1. The number of rotatable bonds is 5. The summed E-state index contributed by atoms with van der Waals surface area (Å²) in [6, 6.07) is 7.63. The summed E-state index contributed by atoms with van der Waals surface area (Å²) in [6.45, 7) is 1.87. The average Bonchev–Trinajstić information content (AvgIpc) is 3.10. The first-order valence-corrected chi connectivity index (χ1v) is 8.11. The van der Waals surface area contributed by atoms with E-state index in [-0.39, 0.29) is 18.5 Å². The molecule has 1 aliphatic heterocycles. The topological polar surface area (TPSA) is 79.2 Å². The van der Waals surface area contributed by atoms with Crippen LogP contribution in [0.2, 0.25) is 0 Å². The number of amides is 1. The largest absolute Gasteiger partial charge is 0.387 e. The molecule has 6 nitrogen and oxygen atoms in total. The van der Waals surface area contributed by atoms with E-state index in [0.29, 0.717) is 11.3 Å². The van der Waals surface area contributed by atoms with Gasteiger partial charge < -0.3 is 15.7 Å². The van der Waals surface area contributed by atoms with Gasteiger partial charge in [-0.05, 0) is 43.1 Å². The van der Waals surface area contributed by atoms with Gasteiger partial charge in [-0.3, -0.25) is 9.48 Å². The molecule has 1 saturated heterocycles. The molecule has 1 aliphatic rings. The van der Waals surface area contributed by atoms with Gasteiger partial charge in [-0.1, -0.05) is 12.1 Å². The number of piperidine rings is 1. The van der Waals surface area contributed by atoms with Crippen molar-refractivity contribution >= 4 is 5.91 Å². The van der Waals surface area contributed by atoms with E-state index in [4.69, 9.17) is 0 Å². The number of carbonyl (C=O) groups excluding carboxylic acids is 1. The average molecular weight is 332 g/mol. The van der Waals surface area contributed by atoms with E-state index in [0.717, 1.165) is 25.9 Å². The highest BCUT2D eigenvalue weighted by Crippen LogP contribution is 2.16. The molecule has 1 aromatic heterocycles. The molecule has 0 bridgehead atoms. The van der Waals surface area contributed by atoms with Crippen molar-refractivity contribution < 1.29 is 14.3 Å². The molecule has 3 N–H and O–H groups in total. The van der Waals surface area contributed by atoms with Gasteiger partial charge in [0.05, 0.1) is 12.1 Å². The second-order valence-electron chi connectivity index (χ2n) is 5.96. The molecule has 1 fully saturated rings. The highest BCUT2D eigenvalue weighted by molar-refractivity contribution is 5.92. The molecule has 128 valence electrons. The van der Waals surface area contributed by atoms with Gasteiger partial charge in [-0.2, -0.15) is 5.10 Å². The third kappa shape index (κ3) is 3.98. The Morgan fingerprint density at radius 2 is 2.38 bits per heavy atom. The Balaban J connectivity index is 1.56. The highest BCUT2D eigenvalue weighted by Gasteiger charge is 2.18. The summed E-state index contributed by atoms with van der Waals surface area (Å²) in [4.78, 5) is 12.2. The maximum atomic E-state index is 13.2. The molecule has 0 radical (unpaired) electrons. The molecule has 2 unspecified atom stereocenters. The quantitative estimate of drug-likeness (QED) is 0.773. The van der Waals surface area contributed by atoms with Crippen LogP contribution in [0.25, 0.3) is 0 Å². The third-order valence-corrected chi connectivity index (χ3v) is 4.18. The maximum Gasteiger partial charge on any atom is 0.271 e. The number of benzene rings is 1. The predicted octanol–water partition coefficient (Wildman–Crippen LogP) is 1.41. The van der Waals surface area contributed by atoms with E-state index in [9.17, 15) is 14.3 Å². The van der Waals surface area contributed by atoms with E-state index in [1.807, 2.05) is 4.68 Å². The Bertz CT molecular complexity index is 697. The standard InChI is InChI=1S/C17H21FN4O2/c18-13-4-1-3-12(9-13)16(23)11-20-17(24)15-6-8-22(21-15)14-5-2-7-19-10-14/h1,3-4,6,8-9,14,16,19,23H,2,5,7,10-11H2,(H,20,24). The van der Waals surface area contributed by atoms with Gasteiger partial charge in [0, 0.05) is 19.3 Å². The monoisotopic (exact) mass is 332 g/mol. The summed E-state index contributed by atoms with van der Waals surface area (Å²) in [5.74, 6) is -0.773. The Morgan fingerprint density at radius 1 is 1.50 bits per heavy atom. The first-order chi connectivity index (χ1) is 11.6. The highest BCUT2D eigenvalue weighted by atomic mass is 19.1. The summed E-state index contributed by atoms with van der Waals surface area (Å²) in [5, 5.41) is 20.3. The van der Waals surface area contributed by atoms with Crippen molar-refractivity contribution in [3.63, 3.8) is 0 Å². The number of aromatic nitrogens is 2. The van der Waals surface area contributed by atoms with Gasteiger partial charge in [0.1, 0.15) is 11.5 Å². The Hall–Kier alpha value is -2.25. The van der Waals surface area contributed by atoms with Gasteiger partial charge in [-0.25, -0.2) is 4.39 Å². The van der Waals surface area contributed by atoms with Crippen LogP contribution in [0.5, 0.6) is 0 Å². The lowest BCUT2D eigenvalue weighted by Gasteiger charge is -2.22. The zero-order valence-electron chi connectivity index (χ0n) is 13.3. The molecule has 2 atom stereocenters. The minimum absolute atomic E-state index is 0.000130. The number of aliphatic hydroxyl groups is 1. The van der Waals surface area contributed by atoms with Crippen molar-refractivity contribution in [2.75, 3.05) is 19.6 Å². The first kappa shape index (κ1) is 16.6. The molecule has 3 rings (SSSR count). The molecule has 0 saturated carbocycles. The van der Waals surface area contributed by atoms with Crippen molar-refractivity contribution in [3.8, 4) is 0 Å². The van der Waals surface area contributed by atoms with E-state index in [1.54, 1.807) is 18.3 Å². The van der Waals surface area contributed by atoms with E-state index < -0.39 is 11.9 Å². The normalized spacial score (nSPS) is 19.0. The van der Waals surface area contributed by atoms with Gasteiger partial charge in [0.2, 0.25) is 0 Å². The van der Waals surface area contributed by atoms with Gasteiger partial charge >= 0.3 is 0 Å². The zero-order valence-corrected chi connectivity index (χ0v) is 13.3. The van der Waals surface area contributed by atoms with Gasteiger partial charge in [0.25, 0.3) is 5.91 Å². The summed E-state index contributed by atoms with van der Waals surface area (Å²) >= 11 is 0. The molecular formula is C17H21FN4O2. The van der Waals surface area contributed by atoms with Crippen LogP contribution < -0.4 is 10.6 Å². The fourth-order valence-corrected chi connectivity index (χ4v) is 2.83. The van der Waals surface area contributed by atoms with E-state index in [1.165, 1.54) is 18.2 Å². The van der Waals surface area contributed by atoms with E-state index >= 15 is 0 Å². The second kappa shape index (κ2) is 7.55. The van der Waals surface area contributed by atoms with Crippen LogP contribution in [0.3, 0.4) is 0 Å². The van der Waals surface area contributed by atoms with Crippen LogP contribution in [0.4, 0.5) is 4.39 Å². The zero-order chi connectivity index (χ0) is 16.9. The van der Waals surface area contributed by atoms with Crippen LogP contribution >= 0.6 is 0 Å². The summed E-state index contributed by atoms with van der Waals surface area (Å²) in [5.41, 5.74) is 0.737. The molecule has 1 aromatic carbocycles. The van der Waals surface area contributed by atoms with Crippen LogP contribution in [0.1, 0.15) is 41.0 Å². The van der Waals surface area contributed by atoms with Crippen LogP contribution in [-0.2, 0) is 0 Å². The Kier molecular flexibility index (Phi) is 5.22. The predicted molar refractivity (Wildman–Crippen MR) is 87.1 cm³/mol. The number of hydrogen-bond donors (Lipinski definition) is 3. The minimum Gasteiger partial charge on any atom is -0.387 e. The number of carbonyl (C=O) groups is 1. The molecule has 2 aromatic rings. The summed E-state index contributed by atoms with van der Waals surface area (Å²) in [7, 11) is 0. The van der Waals surface area contributed by atoms with Crippen LogP contribution in [0, 0.1) is 5.82 Å². The van der Waals surface area contributed by atoms with Crippen molar-refractivity contribution in [3.05, 3.63) is 53.6 Å². The molecule has 1 amide bonds. The Morgan fingerprint density at radius 3 is 3.12 bits per heavy atom. The molecular weight excluding hydrogens is 311 g/mol. The Labute approximate surface area is 139 Å². The molecule has 2 heterocycles. The second-order valence-corrected chi connectivity index (χ2v) is 5.96. The molecule has 0 spiro atoms. The molecule has 7 heteroatoms. The van der Waals surface area contributed by atoms with Gasteiger partial charge in [-0.15, -0.1) is 0 Å². The lowest BCUT2D eigenvalue weighted by atomic mass is 10.1. The lowest BCUT2D eigenvalue weighted by molar-refractivity contribution is 0.0910. The summed E-state index contributed by atoms with van der Waals surface area (Å²) < 4.78 is 15.0. The number of nitrogens with one attached hydrogen (secondary N) is 2. The third-order valence-electron chi connectivity index (χ3n) is 4.18. The smallest absolute Gasteiger partial charge is 0.271 e. The van der Waals surface area contributed by atoms with Crippen molar-refractivity contribution in [1.29, 1.82) is 0 Å². The van der Waals surface area contributed by atoms with Gasteiger partial charge in [0.15, 0.2) is 0 Å². The molecule has 24 heavy (non-hydrogen) atoms. The lowest BCUT2D eigenvalue weighted by Crippen LogP contribution is -2.32. The van der Waals surface area contributed by atoms with Crippen LogP contribution in [-0.4, -0.2) is 40.4 Å². The molecule has 0 aliphatic carbocycles. The number of nitrogens with zero attached hydrogens (tertiary/aromatic N) is 2. The van der Waals surface area contributed by atoms with E-state index in [2.05, 4.69) is 15.7 Å². The number of hydrogen-bond acceptors (Lipinski definition) is 4. The van der Waals surface area contributed by atoms with Crippen molar-refractivity contribution in [1.82, 2.24) is 20.4 Å². The number of aliphatic hydroxyl groups excluding tert-OH is 1. The minimum atomic E-state index is -0.964.